The van der Waals surface area contributed by atoms with Crippen molar-refractivity contribution in [2.45, 2.75) is 69.9 Å². The molecule has 0 bridgehead atoms. The fraction of sp³-hybridized carbons (Fsp3) is 0.933. The Bertz CT molecular complexity index is 286. The Hall–Kier alpha value is -0.610. The quantitative estimate of drug-likeness (QED) is 0.724. The predicted molar refractivity (Wildman–Crippen MR) is 75.5 cm³/mol. The maximum absolute atomic E-state index is 12.3. The van der Waals surface area contributed by atoms with Gasteiger partial charge in [-0.2, -0.15) is 0 Å². The Kier molecular flexibility index (Phi) is 5.64. The van der Waals surface area contributed by atoms with Gasteiger partial charge in [-0.15, -0.1) is 0 Å². The molecule has 0 aromatic carbocycles. The molecule has 2 aliphatic carbocycles. The lowest BCUT2D eigenvalue weighted by Crippen LogP contribution is -2.42. The minimum Gasteiger partial charge on any atom is -0.393 e. The summed E-state index contributed by atoms with van der Waals surface area (Å²) in [6.07, 6.45) is 8.83. The zero-order valence-corrected chi connectivity index (χ0v) is 11.8. The highest BCUT2D eigenvalue weighted by atomic mass is 16.3. The van der Waals surface area contributed by atoms with Crippen LogP contribution in [0, 0.1) is 11.8 Å². The van der Waals surface area contributed by atoms with Crippen molar-refractivity contribution in [3.63, 3.8) is 0 Å². The molecule has 110 valence electrons. The number of nitrogens with one attached hydrogen (secondary N) is 1. The molecule has 4 N–H and O–H groups in total. The monoisotopic (exact) mass is 268 g/mol. The summed E-state index contributed by atoms with van der Waals surface area (Å²) >= 11 is 0. The van der Waals surface area contributed by atoms with Crippen LogP contribution in [0.5, 0.6) is 0 Å². The molecule has 0 heterocycles. The summed E-state index contributed by atoms with van der Waals surface area (Å²) in [5.74, 6) is 1.07. The van der Waals surface area contributed by atoms with Gasteiger partial charge in [0.25, 0.3) is 0 Å². The number of carbonyl (C=O) groups is 1. The van der Waals surface area contributed by atoms with Gasteiger partial charge in [-0.3, -0.25) is 4.79 Å². The van der Waals surface area contributed by atoms with Gasteiger partial charge in [0.1, 0.15) is 0 Å². The van der Waals surface area contributed by atoms with Crippen molar-refractivity contribution in [3.05, 3.63) is 0 Å². The first-order valence-electron chi connectivity index (χ1n) is 7.87. The molecule has 2 rings (SSSR count). The number of aliphatic hydroxyl groups is 1. The molecule has 0 aliphatic heterocycles. The number of nitrogens with two attached hydrogens (primary N) is 1. The Balaban J connectivity index is 1.76. The van der Waals surface area contributed by atoms with Crippen molar-refractivity contribution >= 4 is 5.91 Å². The fourth-order valence-corrected chi connectivity index (χ4v) is 3.57. The number of carbonyl (C=O) groups excluding carboxylic acids is 1. The van der Waals surface area contributed by atoms with Gasteiger partial charge in [-0.25, -0.2) is 0 Å². The van der Waals surface area contributed by atoms with Gasteiger partial charge in [0, 0.05) is 12.0 Å². The largest absolute Gasteiger partial charge is 0.393 e. The van der Waals surface area contributed by atoms with E-state index in [1.807, 2.05) is 0 Å². The van der Waals surface area contributed by atoms with Crippen LogP contribution in [0.1, 0.15) is 57.8 Å². The molecule has 4 heteroatoms. The van der Waals surface area contributed by atoms with Gasteiger partial charge in [0.05, 0.1) is 6.10 Å². The van der Waals surface area contributed by atoms with Crippen LogP contribution in [0.4, 0.5) is 0 Å². The third-order valence-electron chi connectivity index (χ3n) is 4.77. The van der Waals surface area contributed by atoms with E-state index in [2.05, 4.69) is 5.32 Å². The number of rotatable bonds is 4. The molecule has 0 spiro atoms. The lowest BCUT2D eigenvalue weighted by molar-refractivity contribution is -0.127. The zero-order valence-electron chi connectivity index (χ0n) is 11.8. The van der Waals surface area contributed by atoms with Crippen LogP contribution in [0.2, 0.25) is 0 Å². The van der Waals surface area contributed by atoms with Crippen LogP contribution >= 0.6 is 0 Å². The van der Waals surface area contributed by atoms with E-state index in [-0.39, 0.29) is 24.0 Å². The minimum absolute atomic E-state index is 0.156. The predicted octanol–water partition coefficient (Wildman–Crippen LogP) is 1.56. The molecule has 2 saturated carbocycles. The van der Waals surface area contributed by atoms with Crippen molar-refractivity contribution in [3.8, 4) is 0 Å². The average molecular weight is 268 g/mol. The van der Waals surface area contributed by atoms with E-state index >= 15 is 0 Å². The maximum Gasteiger partial charge on any atom is 0.223 e. The normalized spacial score (nSPS) is 35.9. The van der Waals surface area contributed by atoms with E-state index in [9.17, 15) is 9.90 Å². The summed E-state index contributed by atoms with van der Waals surface area (Å²) in [4.78, 5) is 12.3. The molecule has 19 heavy (non-hydrogen) atoms. The standard InChI is InChI=1S/C15H28N2O2/c16-9-8-11-2-1-3-12(10-11)15(19)17-13-4-6-14(18)7-5-13/h11-14,18H,1-10,16H2,(H,17,19). The Morgan fingerprint density at radius 1 is 1.16 bits per heavy atom. The Labute approximate surface area is 116 Å². The van der Waals surface area contributed by atoms with Crippen molar-refractivity contribution in [1.29, 1.82) is 0 Å². The molecule has 0 saturated heterocycles. The second-order valence-electron chi connectivity index (χ2n) is 6.32. The lowest BCUT2D eigenvalue weighted by atomic mass is 9.79. The van der Waals surface area contributed by atoms with Gasteiger partial charge < -0.3 is 16.2 Å². The Morgan fingerprint density at radius 3 is 2.58 bits per heavy atom. The van der Waals surface area contributed by atoms with Crippen molar-refractivity contribution in [2.75, 3.05) is 6.54 Å². The van der Waals surface area contributed by atoms with E-state index in [1.165, 1.54) is 6.42 Å². The van der Waals surface area contributed by atoms with Gasteiger partial charge in [-0.1, -0.05) is 12.8 Å². The van der Waals surface area contributed by atoms with E-state index in [4.69, 9.17) is 5.73 Å². The second-order valence-corrected chi connectivity index (χ2v) is 6.32. The van der Waals surface area contributed by atoms with E-state index in [1.54, 1.807) is 0 Å². The first kappa shape index (κ1) is 14.8. The van der Waals surface area contributed by atoms with Crippen LogP contribution in [0.3, 0.4) is 0 Å². The minimum atomic E-state index is -0.156. The SMILES string of the molecule is NCCC1CCCC(C(=O)NC2CCC(O)CC2)C1. The number of hydrogen-bond acceptors (Lipinski definition) is 3. The van der Waals surface area contributed by atoms with Crippen LogP contribution < -0.4 is 11.1 Å². The third kappa shape index (κ3) is 4.46. The highest BCUT2D eigenvalue weighted by molar-refractivity contribution is 5.79. The molecule has 2 fully saturated rings. The highest BCUT2D eigenvalue weighted by Gasteiger charge is 2.29. The summed E-state index contributed by atoms with van der Waals surface area (Å²) in [5.41, 5.74) is 5.62. The van der Waals surface area contributed by atoms with Crippen LogP contribution in [0.25, 0.3) is 0 Å². The topological polar surface area (TPSA) is 75.4 Å². The zero-order chi connectivity index (χ0) is 13.7. The van der Waals surface area contributed by atoms with Crippen molar-refractivity contribution < 1.29 is 9.90 Å². The highest BCUT2D eigenvalue weighted by Crippen LogP contribution is 2.31. The summed E-state index contributed by atoms with van der Waals surface area (Å²) in [7, 11) is 0. The van der Waals surface area contributed by atoms with Gasteiger partial charge >= 0.3 is 0 Å². The molecule has 0 aromatic heterocycles. The first-order chi connectivity index (χ1) is 9.19. The third-order valence-corrected chi connectivity index (χ3v) is 4.77. The molecule has 0 radical (unpaired) electrons. The van der Waals surface area contributed by atoms with Crippen molar-refractivity contribution in [2.24, 2.45) is 17.6 Å². The summed E-state index contributed by atoms with van der Waals surface area (Å²) in [6, 6.07) is 0.283. The number of aliphatic hydroxyl groups excluding tert-OH is 1. The maximum atomic E-state index is 12.3. The molecule has 2 unspecified atom stereocenters. The van der Waals surface area contributed by atoms with E-state index in [0.717, 1.165) is 57.9 Å². The molecular formula is C15H28N2O2. The van der Waals surface area contributed by atoms with Gasteiger partial charge in [0.2, 0.25) is 5.91 Å². The van der Waals surface area contributed by atoms with Gasteiger partial charge in [0.15, 0.2) is 0 Å². The molecular weight excluding hydrogens is 240 g/mol. The molecule has 2 atom stereocenters. The van der Waals surface area contributed by atoms with Gasteiger partial charge in [-0.05, 0) is 57.4 Å². The summed E-state index contributed by atoms with van der Waals surface area (Å²) < 4.78 is 0. The molecule has 2 aliphatic rings. The lowest BCUT2D eigenvalue weighted by Gasteiger charge is -2.31. The van der Waals surface area contributed by atoms with Crippen molar-refractivity contribution in [1.82, 2.24) is 5.32 Å². The van der Waals surface area contributed by atoms with Crippen LogP contribution in [0.15, 0.2) is 0 Å². The fourth-order valence-electron chi connectivity index (χ4n) is 3.57. The first-order valence-corrected chi connectivity index (χ1v) is 7.87. The average Bonchev–Trinajstić information content (AvgIpc) is 2.42. The van der Waals surface area contributed by atoms with Crippen LogP contribution in [-0.4, -0.2) is 29.7 Å². The summed E-state index contributed by atoms with van der Waals surface area (Å²) in [6.45, 7) is 0.736. The smallest absolute Gasteiger partial charge is 0.223 e. The van der Waals surface area contributed by atoms with Crippen LogP contribution in [-0.2, 0) is 4.79 Å². The Morgan fingerprint density at radius 2 is 1.89 bits per heavy atom. The molecule has 1 amide bonds. The number of hydrogen-bond donors (Lipinski definition) is 3. The molecule has 4 nitrogen and oxygen atoms in total. The summed E-state index contributed by atoms with van der Waals surface area (Å²) in [5, 5.41) is 12.7. The van der Waals surface area contributed by atoms with E-state index < -0.39 is 0 Å². The number of amides is 1. The second kappa shape index (κ2) is 7.25. The van der Waals surface area contributed by atoms with E-state index in [0.29, 0.717) is 5.92 Å². The molecule has 0 aromatic rings.